The summed E-state index contributed by atoms with van der Waals surface area (Å²) < 4.78 is 0. The van der Waals surface area contributed by atoms with Crippen LogP contribution in [0.4, 0.5) is 5.69 Å². The molecule has 0 aliphatic rings. The van der Waals surface area contributed by atoms with Crippen LogP contribution in [-0.2, 0) is 6.54 Å². The van der Waals surface area contributed by atoms with Crippen LogP contribution in [-0.4, -0.2) is 33.9 Å². The van der Waals surface area contributed by atoms with Crippen LogP contribution in [0.2, 0.25) is 5.02 Å². The molecular weight excluding hydrogens is 272 g/mol. The predicted octanol–water partition coefficient (Wildman–Crippen LogP) is 1.47. The molecule has 0 heterocycles. The van der Waals surface area contributed by atoms with Crippen molar-refractivity contribution in [2.75, 3.05) is 13.2 Å². The quantitative estimate of drug-likeness (QED) is 0.521. The van der Waals surface area contributed by atoms with Crippen LogP contribution >= 0.6 is 11.6 Å². The highest BCUT2D eigenvalue weighted by molar-refractivity contribution is 6.31. The van der Waals surface area contributed by atoms with Crippen LogP contribution in [0.5, 0.6) is 0 Å². The summed E-state index contributed by atoms with van der Waals surface area (Å²) in [6.07, 6.45) is 0.546. The normalized spacial score (nSPS) is 11.6. The first-order chi connectivity index (χ1) is 8.98. The van der Waals surface area contributed by atoms with Crippen LogP contribution in [0.3, 0.4) is 0 Å². The molecule has 3 N–H and O–H groups in total. The predicted molar refractivity (Wildman–Crippen MR) is 72.1 cm³/mol. The molecule has 0 amide bonds. The first-order valence-electron chi connectivity index (χ1n) is 5.87. The summed E-state index contributed by atoms with van der Waals surface area (Å²) in [7, 11) is 0. The molecule has 1 aromatic rings. The Morgan fingerprint density at radius 2 is 2.05 bits per heavy atom. The molecule has 0 radical (unpaired) electrons. The van der Waals surface area contributed by atoms with Gasteiger partial charge in [0.1, 0.15) is 0 Å². The zero-order valence-corrected chi connectivity index (χ0v) is 11.4. The molecule has 0 aliphatic heterocycles. The van der Waals surface area contributed by atoms with Crippen molar-refractivity contribution in [1.29, 1.82) is 0 Å². The number of halogens is 1. The molecule has 0 bridgehead atoms. The van der Waals surface area contributed by atoms with Crippen molar-refractivity contribution in [2.45, 2.75) is 25.4 Å². The van der Waals surface area contributed by atoms with Gasteiger partial charge in [-0.05, 0) is 18.1 Å². The summed E-state index contributed by atoms with van der Waals surface area (Å²) in [6, 6.07) is 4.21. The molecule has 0 spiro atoms. The van der Waals surface area contributed by atoms with E-state index in [9.17, 15) is 20.3 Å². The molecule has 0 aliphatic carbocycles. The van der Waals surface area contributed by atoms with Gasteiger partial charge in [0, 0.05) is 18.7 Å². The lowest BCUT2D eigenvalue weighted by atomic mass is 9.98. The summed E-state index contributed by atoms with van der Waals surface area (Å²) in [5.74, 6) is 0. The number of rotatable bonds is 7. The molecule has 0 unspecified atom stereocenters. The highest BCUT2D eigenvalue weighted by atomic mass is 35.5. The molecule has 0 saturated carbocycles. The fourth-order valence-electron chi connectivity index (χ4n) is 1.59. The standard InChI is InChI=1S/C12H17ClN2O4/c1-2-12(7-16,8-17)14-6-9-3-4-10(15(18)19)5-11(9)13/h3-5,14,16-17H,2,6-8H2,1H3. The lowest BCUT2D eigenvalue weighted by Crippen LogP contribution is -2.50. The van der Waals surface area contributed by atoms with Crippen LogP contribution in [0, 0.1) is 10.1 Å². The third kappa shape index (κ3) is 3.87. The van der Waals surface area contributed by atoms with Crippen LogP contribution in [0.1, 0.15) is 18.9 Å². The van der Waals surface area contributed by atoms with Crippen molar-refractivity contribution in [3.63, 3.8) is 0 Å². The number of nitrogens with zero attached hydrogens (tertiary/aromatic N) is 1. The van der Waals surface area contributed by atoms with Crippen molar-refractivity contribution in [3.05, 3.63) is 38.9 Å². The average molecular weight is 289 g/mol. The summed E-state index contributed by atoms with van der Waals surface area (Å²) in [5.41, 5.74) is -0.169. The van der Waals surface area contributed by atoms with E-state index in [4.69, 9.17) is 11.6 Å². The van der Waals surface area contributed by atoms with Gasteiger partial charge in [-0.2, -0.15) is 0 Å². The minimum absolute atomic E-state index is 0.0696. The third-order valence-electron chi connectivity index (χ3n) is 3.18. The first kappa shape index (κ1) is 15.8. The van der Waals surface area contributed by atoms with E-state index >= 15 is 0 Å². The highest BCUT2D eigenvalue weighted by Gasteiger charge is 2.25. The first-order valence-corrected chi connectivity index (χ1v) is 6.25. The molecule has 0 aromatic heterocycles. The van der Waals surface area contributed by atoms with Crippen molar-refractivity contribution < 1.29 is 15.1 Å². The Morgan fingerprint density at radius 1 is 1.42 bits per heavy atom. The Hall–Kier alpha value is -1.21. The molecule has 1 aromatic carbocycles. The lowest BCUT2D eigenvalue weighted by molar-refractivity contribution is -0.384. The second kappa shape index (κ2) is 6.81. The van der Waals surface area contributed by atoms with Crippen LogP contribution in [0.15, 0.2) is 18.2 Å². The molecule has 7 heteroatoms. The molecular formula is C12H17ClN2O4. The monoisotopic (exact) mass is 288 g/mol. The molecule has 0 saturated heterocycles. The van der Waals surface area contributed by atoms with Crippen LogP contribution < -0.4 is 5.32 Å². The Kier molecular flexibility index (Phi) is 5.68. The minimum Gasteiger partial charge on any atom is -0.394 e. The largest absolute Gasteiger partial charge is 0.394 e. The maximum atomic E-state index is 10.6. The van der Waals surface area contributed by atoms with Gasteiger partial charge in [-0.1, -0.05) is 18.5 Å². The number of non-ortho nitro benzene ring substituents is 1. The summed E-state index contributed by atoms with van der Waals surface area (Å²) in [5, 5.41) is 32.5. The van der Waals surface area contributed by atoms with Gasteiger partial charge in [0.2, 0.25) is 0 Å². The van der Waals surface area contributed by atoms with E-state index in [1.165, 1.54) is 12.1 Å². The number of benzene rings is 1. The van der Waals surface area contributed by atoms with E-state index in [1.807, 2.05) is 6.92 Å². The van der Waals surface area contributed by atoms with Gasteiger partial charge < -0.3 is 15.5 Å². The Morgan fingerprint density at radius 3 is 2.47 bits per heavy atom. The number of nitro benzene ring substituents is 1. The maximum absolute atomic E-state index is 10.6. The second-order valence-corrected chi connectivity index (χ2v) is 4.74. The van der Waals surface area contributed by atoms with E-state index in [0.29, 0.717) is 18.5 Å². The van der Waals surface area contributed by atoms with Crippen molar-refractivity contribution >= 4 is 17.3 Å². The van der Waals surface area contributed by atoms with Crippen molar-refractivity contribution in [2.24, 2.45) is 0 Å². The van der Waals surface area contributed by atoms with E-state index in [-0.39, 0.29) is 23.9 Å². The van der Waals surface area contributed by atoms with Crippen molar-refractivity contribution in [3.8, 4) is 0 Å². The Labute approximate surface area is 116 Å². The fraction of sp³-hybridized carbons (Fsp3) is 0.500. The zero-order chi connectivity index (χ0) is 14.5. The van der Waals surface area contributed by atoms with Gasteiger partial charge in [-0.3, -0.25) is 10.1 Å². The Bertz CT molecular complexity index is 441. The minimum atomic E-state index is -0.773. The zero-order valence-electron chi connectivity index (χ0n) is 10.6. The van der Waals surface area contributed by atoms with Gasteiger partial charge in [-0.25, -0.2) is 0 Å². The number of hydrogen-bond donors (Lipinski definition) is 3. The topological polar surface area (TPSA) is 95.6 Å². The van der Waals surface area contributed by atoms with Gasteiger partial charge in [-0.15, -0.1) is 0 Å². The molecule has 19 heavy (non-hydrogen) atoms. The summed E-state index contributed by atoms with van der Waals surface area (Å²) >= 11 is 5.96. The van der Waals surface area contributed by atoms with Crippen molar-refractivity contribution in [1.82, 2.24) is 5.32 Å². The SMILES string of the molecule is CCC(CO)(CO)NCc1ccc([N+](=O)[O-])cc1Cl. The lowest BCUT2D eigenvalue weighted by Gasteiger charge is -2.30. The molecule has 0 atom stereocenters. The number of aliphatic hydroxyl groups excluding tert-OH is 2. The maximum Gasteiger partial charge on any atom is 0.270 e. The fourth-order valence-corrected chi connectivity index (χ4v) is 1.83. The van der Waals surface area contributed by atoms with Gasteiger partial charge in [0.25, 0.3) is 5.69 Å². The smallest absolute Gasteiger partial charge is 0.270 e. The van der Waals surface area contributed by atoms with E-state index in [0.717, 1.165) is 0 Å². The summed E-state index contributed by atoms with van der Waals surface area (Å²) in [6.45, 7) is 1.75. The van der Waals surface area contributed by atoms with E-state index < -0.39 is 10.5 Å². The Balaban J connectivity index is 2.80. The van der Waals surface area contributed by atoms with Gasteiger partial charge >= 0.3 is 0 Å². The van der Waals surface area contributed by atoms with Gasteiger partial charge in [0.05, 0.1) is 28.7 Å². The molecule has 0 fully saturated rings. The number of nitrogens with one attached hydrogen (secondary N) is 1. The molecule has 106 valence electrons. The van der Waals surface area contributed by atoms with E-state index in [2.05, 4.69) is 5.32 Å². The van der Waals surface area contributed by atoms with Crippen LogP contribution in [0.25, 0.3) is 0 Å². The van der Waals surface area contributed by atoms with E-state index in [1.54, 1.807) is 6.07 Å². The highest BCUT2D eigenvalue weighted by Crippen LogP contribution is 2.23. The number of aliphatic hydroxyl groups is 2. The second-order valence-electron chi connectivity index (χ2n) is 4.34. The average Bonchev–Trinajstić information content (AvgIpc) is 2.42. The number of hydrogen-bond acceptors (Lipinski definition) is 5. The summed E-state index contributed by atoms with van der Waals surface area (Å²) in [4.78, 5) is 10.1. The van der Waals surface area contributed by atoms with Gasteiger partial charge in [0.15, 0.2) is 0 Å². The molecule has 6 nitrogen and oxygen atoms in total. The molecule has 1 rings (SSSR count). The third-order valence-corrected chi connectivity index (χ3v) is 3.54. The number of nitro groups is 1.